The van der Waals surface area contributed by atoms with Gasteiger partial charge in [-0.2, -0.15) is 5.10 Å². The second-order valence-electron chi connectivity index (χ2n) is 4.90. The zero-order valence-corrected chi connectivity index (χ0v) is 13.1. The van der Waals surface area contributed by atoms with E-state index in [-0.39, 0.29) is 27.4 Å². The van der Waals surface area contributed by atoms with Gasteiger partial charge in [0, 0.05) is 23.2 Å². The largest absolute Gasteiger partial charge is 0.507 e. The summed E-state index contributed by atoms with van der Waals surface area (Å²) in [6.07, 6.45) is 0.571. The number of rotatable bonds is 4. The molecule has 0 unspecified atom stereocenters. The lowest BCUT2D eigenvalue weighted by Crippen LogP contribution is -2.34. The molecule has 0 bridgehead atoms. The Hall–Kier alpha value is -1.72. The fraction of sp³-hybridized carbons (Fsp3) is 0.286. The number of nitrogens with zero attached hydrogens (tertiary/aromatic N) is 1. The number of aromatic nitrogens is 2. The number of carbonyl (C=O) groups is 1. The fourth-order valence-corrected chi connectivity index (χ4v) is 2.59. The molecular weight excluding hydrogens is 313 g/mol. The van der Waals surface area contributed by atoms with Gasteiger partial charge in [-0.05, 0) is 32.0 Å². The van der Waals surface area contributed by atoms with Crippen molar-refractivity contribution in [2.75, 3.05) is 0 Å². The SMILES string of the molecule is Cc1cc(C[C@@H](C)NC(=O)c2c(O)cc(Cl)cc2Cl)n[nH]1. The van der Waals surface area contributed by atoms with E-state index in [2.05, 4.69) is 15.5 Å². The number of aromatic hydroxyl groups is 1. The molecule has 0 aliphatic heterocycles. The molecule has 0 saturated heterocycles. The minimum atomic E-state index is -0.450. The summed E-state index contributed by atoms with van der Waals surface area (Å²) in [6.45, 7) is 3.76. The number of aromatic amines is 1. The first-order valence-electron chi connectivity index (χ1n) is 6.36. The second-order valence-corrected chi connectivity index (χ2v) is 5.75. The molecule has 3 N–H and O–H groups in total. The highest BCUT2D eigenvalue weighted by molar-refractivity contribution is 6.37. The summed E-state index contributed by atoms with van der Waals surface area (Å²) in [4.78, 5) is 12.2. The number of carbonyl (C=O) groups excluding carboxylic acids is 1. The summed E-state index contributed by atoms with van der Waals surface area (Å²) in [5, 5.41) is 19.9. The lowest BCUT2D eigenvalue weighted by Gasteiger charge is -2.14. The van der Waals surface area contributed by atoms with Crippen LogP contribution in [0.3, 0.4) is 0 Å². The molecule has 0 aliphatic rings. The van der Waals surface area contributed by atoms with Crippen molar-refractivity contribution in [2.45, 2.75) is 26.3 Å². The van der Waals surface area contributed by atoms with Crippen LogP contribution in [0.2, 0.25) is 10.0 Å². The van der Waals surface area contributed by atoms with Gasteiger partial charge in [-0.3, -0.25) is 9.89 Å². The molecule has 0 fully saturated rings. The van der Waals surface area contributed by atoms with E-state index in [1.54, 1.807) is 0 Å². The number of phenols is 1. The molecule has 1 heterocycles. The third-order valence-corrected chi connectivity index (χ3v) is 3.43. The average molecular weight is 328 g/mol. The fourth-order valence-electron chi connectivity index (χ4n) is 2.02. The lowest BCUT2D eigenvalue weighted by atomic mass is 10.1. The highest BCUT2D eigenvalue weighted by atomic mass is 35.5. The van der Waals surface area contributed by atoms with E-state index in [4.69, 9.17) is 23.2 Å². The molecule has 1 aromatic heterocycles. The van der Waals surface area contributed by atoms with Crippen molar-refractivity contribution < 1.29 is 9.90 Å². The Balaban J connectivity index is 2.07. The average Bonchev–Trinajstić information content (AvgIpc) is 2.72. The smallest absolute Gasteiger partial charge is 0.256 e. The Kier molecular flexibility index (Phi) is 4.75. The van der Waals surface area contributed by atoms with Crippen LogP contribution >= 0.6 is 23.2 Å². The van der Waals surface area contributed by atoms with Gasteiger partial charge >= 0.3 is 0 Å². The molecule has 5 nitrogen and oxygen atoms in total. The van der Waals surface area contributed by atoms with Crippen LogP contribution in [-0.2, 0) is 6.42 Å². The maximum atomic E-state index is 12.2. The van der Waals surface area contributed by atoms with Gasteiger partial charge in [0.05, 0.1) is 16.3 Å². The maximum absolute atomic E-state index is 12.2. The molecule has 0 saturated carbocycles. The monoisotopic (exact) mass is 327 g/mol. The molecule has 21 heavy (non-hydrogen) atoms. The van der Waals surface area contributed by atoms with Crippen LogP contribution in [0.15, 0.2) is 18.2 Å². The second kappa shape index (κ2) is 6.37. The number of H-pyrrole nitrogens is 1. The summed E-state index contributed by atoms with van der Waals surface area (Å²) < 4.78 is 0. The molecule has 2 rings (SSSR count). The van der Waals surface area contributed by atoms with Crippen LogP contribution < -0.4 is 5.32 Å². The van der Waals surface area contributed by atoms with Crippen LogP contribution in [-0.4, -0.2) is 27.3 Å². The van der Waals surface area contributed by atoms with E-state index in [1.807, 2.05) is 19.9 Å². The van der Waals surface area contributed by atoms with Gasteiger partial charge < -0.3 is 10.4 Å². The van der Waals surface area contributed by atoms with E-state index in [0.29, 0.717) is 6.42 Å². The minimum Gasteiger partial charge on any atom is -0.507 e. The summed E-state index contributed by atoms with van der Waals surface area (Å²) in [5.74, 6) is -0.693. The van der Waals surface area contributed by atoms with Gasteiger partial charge in [-0.1, -0.05) is 23.2 Å². The molecule has 112 valence electrons. The van der Waals surface area contributed by atoms with Gasteiger partial charge in [-0.25, -0.2) is 0 Å². The van der Waals surface area contributed by atoms with Crippen LogP contribution in [0, 0.1) is 6.92 Å². The van der Waals surface area contributed by atoms with Crippen LogP contribution in [0.4, 0.5) is 0 Å². The van der Waals surface area contributed by atoms with Gasteiger partial charge in [0.25, 0.3) is 5.91 Å². The molecule has 1 amide bonds. The van der Waals surface area contributed by atoms with Crippen molar-refractivity contribution >= 4 is 29.1 Å². The van der Waals surface area contributed by atoms with E-state index in [0.717, 1.165) is 11.4 Å². The van der Waals surface area contributed by atoms with Crippen molar-refractivity contribution in [1.82, 2.24) is 15.5 Å². The number of amides is 1. The first-order chi connectivity index (χ1) is 9.86. The zero-order chi connectivity index (χ0) is 15.6. The Bertz CT molecular complexity index is 647. The van der Waals surface area contributed by atoms with Gasteiger partial charge in [0.1, 0.15) is 5.75 Å². The number of hydrogen-bond acceptors (Lipinski definition) is 3. The Morgan fingerprint density at radius 2 is 2.14 bits per heavy atom. The standard InChI is InChI=1S/C14H15Cl2N3O2/c1-7(3-10-4-8(2)18-19-10)17-14(21)13-11(16)5-9(15)6-12(13)20/h4-7,20H,3H2,1-2H3,(H,17,21)(H,18,19)/t7-/m1/s1. The van der Waals surface area contributed by atoms with Crippen LogP contribution in [0.1, 0.15) is 28.7 Å². The molecule has 0 aliphatic carbocycles. The van der Waals surface area contributed by atoms with E-state index in [9.17, 15) is 9.90 Å². The summed E-state index contributed by atoms with van der Waals surface area (Å²) in [6, 6.07) is 4.45. The van der Waals surface area contributed by atoms with Crippen molar-refractivity contribution in [3.63, 3.8) is 0 Å². The maximum Gasteiger partial charge on any atom is 0.256 e. The third-order valence-electron chi connectivity index (χ3n) is 2.91. The number of hydrogen-bond donors (Lipinski definition) is 3. The summed E-state index contributed by atoms with van der Waals surface area (Å²) in [5.41, 5.74) is 1.83. The first kappa shape index (κ1) is 15.7. The van der Waals surface area contributed by atoms with Crippen molar-refractivity contribution in [1.29, 1.82) is 0 Å². The van der Waals surface area contributed by atoms with Crippen molar-refractivity contribution in [3.05, 3.63) is 45.2 Å². The quantitative estimate of drug-likeness (QED) is 0.807. The van der Waals surface area contributed by atoms with Gasteiger partial charge in [0.15, 0.2) is 0 Å². The molecule has 0 spiro atoms. The summed E-state index contributed by atoms with van der Waals surface area (Å²) in [7, 11) is 0. The number of benzene rings is 1. The molecular formula is C14H15Cl2N3O2. The molecule has 2 aromatic rings. The molecule has 7 heteroatoms. The molecule has 0 radical (unpaired) electrons. The minimum absolute atomic E-state index is 0.0196. The van der Waals surface area contributed by atoms with Crippen LogP contribution in [0.25, 0.3) is 0 Å². The first-order valence-corrected chi connectivity index (χ1v) is 7.12. The zero-order valence-electron chi connectivity index (χ0n) is 11.6. The highest BCUT2D eigenvalue weighted by Gasteiger charge is 2.18. The third kappa shape index (κ3) is 3.89. The van der Waals surface area contributed by atoms with Gasteiger partial charge in [0.2, 0.25) is 0 Å². The topological polar surface area (TPSA) is 78.0 Å². The predicted octanol–water partition coefficient (Wildman–Crippen LogP) is 3.09. The lowest BCUT2D eigenvalue weighted by molar-refractivity contribution is 0.0937. The Labute approximate surface area is 132 Å². The van der Waals surface area contributed by atoms with Crippen LogP contribution in [0.5, 0.6) is 5.75 Å². The normalized spacial score (nSPS) is 12.2. The highest BCUT2D eigenvalue weighted by Crippen LogP contribution is 2.29. The van der Waals surface area contributed by atoms with E-state index < -0.39 is 5.91 Å². The number of aryl methyl sites for hydroxylation is 1. The number of nitrogens with one attached hydrogen (secondary N) is 2. The molecule has 1 aromatic carbocycles. The number of phenolic OH excluding ortho intramolecular Hbond substituents is 1. The Morgan fingerprint density at radius 3 is 2.71 bits per heavy atom. The Morgan fingerprint density at radius 1 is 1.43 bits per heavy atom. The van der Waals surface area contributed by atoms with Crippen molar-refractivity contribution in [2.24, 2.45) is 0 Å². The molecule has 1 atom stereocenters. The number of halogens is 2. The van der Waals surface area contributed by atoms with E-state index in [1.165, 1.54) is 12.1 Å². The summed E-state index contributed by atoms with van der Waals surface area (Å²) >= 11 is 11.7. The van der Waals surface area contributed by atoms with Gasteiger partial charge in [-0.15, -0.1) is 0 Å². The van der Waals surface area contributed by atoms with Crippen molar-refractivity contribution in [3.8, 4) is 5.75 Å². The predicted molar refractivity (Wildman–Crippen MR) is 82.1 cm³/mol. The van der Waals surface area contributed by atoms with E-state index >= 15 is 0 Å².